The summed E-state index contributed by atoms with van der Waals surface area (Å²) in [6, 6.07) is 2.15. The number of rotatable bonds is 2. The third-order valence-electron chi connectivity index (χ3n) is 5.71. The summed E-state index contributed by atoms with van der Waals surface area (Å²) in [5, 5.41) is 12.4. The summed E-state index contributed by atoms with van der Waals surface area (Å²) in [6.45, 7) is 5.13. The summed E-state index contributed by atoms with van der Waals surface area (Å²) in [4.78, 5) is 12.8. The Bertz CT molecular complexity index is 921. The number of thiophene rings is 1. The van der Waals surface area contributed by atoms with Gasteiger partial charge in [0.2, 0.25) is 0 Å². The van der Waals surface area contributed by atoms with E-state index in [0.717, 1.165) is 55.4 Å². The third-order valence-corrected chi connectivity index (χ3v) is 6.52. The van der Waals surface area contributed by atoms with Gasteiger partial charge in [0.15, 0.2) is 0 Å². The molecular weight excluding hydrogens is 344 g/mol. The van der Waals surface area contributed by atoms with Gasteiger partial charge < -0.3 is 9.47 Å². The minimum Gasteiger partial charge on any atom is -0.356 e. The van der Waals surface area contributed by atoms with Crippen LogP contribution in [0.2, 0.25) is 0 Å². The second-order valence-electron chi connectivity index (χ2n) is 7.43. The minimum atomic E-state index is 0.520. The number of hydrogen-bond acceptors (Lipinski definition) is 6. The summed E-state index contributed by atoms with van der Waals surface area (Å²) < 4.78 is 2.42. The van der Waals surface area contributed by atoms with Crippen molar-refractivity contribution in [3.05, 3.63) is 28.9 Å². The fourth-order valence-corrected chi connectivity index (χ4v) is 5.15. The largest absolute Gasteiger partial charge is 0.356 e. The lowest BCUT2D eigenvalue weighted by Gasteiger charge is -2.33. The highest BCUT2D eigenvalue weighted by atomic mass is 32.1. The molecule has 3 aromatic rings. The first-order valence-electron chi connectivity index (χ1n) is 9.68. The summed E-state index contributed by atoms with van der Waals surface area (Å²) in [6.07, 6.45) is 7.14. The molecule has 0 saturated carbocycles. The molecule has 2 aliphatic heterocycles. The molecule has 0 bridgehead atoms. The second kappa shape index (κ2) is 6.61. The molecule has 26 heavy (non-hydrogen) atoms. The number of fused-ring (bicyclic) bond motifs is 2. The van der Waals surface area contributed by atoms with Gasteiger partial charge in [0, 0.05) is 32.0 Å². The van der Waals surface area contributed by atoms with Crippen molar-refractivity contribution >= 4 is 27.4 Å². The van der Waals surface area contributed by atoms with E-state index in [0.29, 0.717) is 5.92 Å². The lowest BCUT2D eigenvalue weighted by atomic mass is 9.95. The number of nitrogens with zero attached hydrogens (tertiary/aromatic N) is 6. The molecule has 0 N–H and O–H groups in total. The van der Waals surface area contributed by atoms with E-state index in [2.05, 4.69) is 36.1 Å². The maximum atomic E-state index is 4.76. The molecule has 2 aliphatic rings. The van der Waals surface area contributed by atoms with Gasteiger partial charge >= 0.3 is 0 Å². The van der Waals surface area contributed by atoms with E-state index in [1.165, 1.54) is 36.3 Å². The first-order valence-corrected chi connectivity index (χ1v) is 10.6. The summed E-state index contributed by atoms with van der Waals surface area (Å²) in [7, 11) is 0. The predicted octanol–water partition coefficient (Wildman–Crippen LogP) is 3.70. The average molecular weight is 369 g/mol. The molecule has 3 aromatic heterocycles. The van der Waals surface area contributed by atoms with Gasteiger partial charge in [0.05, 0.1) is 5.39 Å². The highest BCUT2D eigenvalue weighted by molar-refractivity contribution is 7.16. The first kappa shape index (κ1) is 16.2. The van der Waals surface area contributed by atoms with Crippen LogP contribution in [0.5, 0.6) is 0 Å². The molecule has 0 aliphatic carbocycles. The molecule has 7 heteroatoms. The van der Waals surface area contributed by atoms with E-state index in [1.54, 1.807) is 11.3 Å². The molecule has 5 heterocycles. The Morgan fingerprint density at radius 1 is 1.04 bits per heavy atom. The minimum absolute atomic E-state index is 0.520. The summed E-state index contributed by atoms with van der Waals surface area (Å²) >= 11 is 1.70. The van der Waals surface area contributed by atoms with Crippen LogP contribution in [0.1, 0.15) is 55.5 Å². The zero-order valence-corrected chi connectivity index (χ0v) is 16.0. The molecule has 1 fully saturated rings. The molecule has 0 spiro atoms. The molecule has 0 unspecified atom stereocenters. The Kier molecular flexibility index (Phi) is 4.11. The summed E-state index contributed by atoms with van der Waals surface area (Å²) in [5.74, 6) is 4.91. The highest BCUT2D eigenvalue weighted by Crippen LogP contribution is 2.34. The van der Waals surface area contributed by atoms with Crippen molar-refractivity contribution in [1.29, 1.82) is 0 Å². The maximum absolute atomic E-state index is 4.76. The van der Waals surface area contributed by atoms with Gasteiger partial charge in [-0.25, -0.2) is 9.97 Å². The molecule has 0 aromatic carbocycles. The van der Waals surface area contributed by atoms with Crippen molar-refractivity contribution in [3.63, 3.8) is 0 Å². The molecule has 0 radical (unpaired) electrons. The van der Waals surface area contributed by atoms with E-state index >= 15 is 0 Å². The fraction of sp³-hybridized carbons (Fsp3) is 0.579. The Morgan fingerprint density at radius 3 is 2.81 bits per heavy atom. The van der Waals surface area contributed by atoms with Crippen molar-refractivity contribution in [3.8, 4) is 0 Å². The van der Waals surface area contributed by atoms with Gasteiger partial charge in [0.1, 0.15) is 28.1 Å². The van der Waals surface area contributed by atoms with Gasteiger partial charge in [-0.05, 0) is 44.1 Å². The Balaban J connectivity index is 1.37. The standard InChI is InChI=1S/C19H24N6S/c1-13-20-18(15-8-12-26-19(15)21-13)24-10-6-14(7-11-24)17-23-22-16-5-3-2-4-9-25(16)17/h8,12,14H,2-7,9-11H2,1H3. The van der Waals surface area contributed by atoms with E-state index in [-0.39, 0.29) is 0 Å². The van der Waals surface area contributed by atoms with Crippen LogP contribution in [-0.4, -0.2) is 37.8 Å². The quantitative estimate of drug-likeness (QED) is 0.690. The van der Waals surface area contributed by atoms with E-state index < -0.39 is 0 Å². The van der Waals surface area contributed by atoms with Crippen LogP contribution < -0.4 is 4.90 Å². The van der Waals surface area contributed by atoms with Crippen LogP contribution in [0.15, 0.2) is 11.4 Å². The van der Waals surface area contributed by atoms with Gasteiger partial charge in [-0.3, -0.25) is 0 Å². The van der Waals surface area contributed by atoms with Crippen LogP contribution in [0.4, 0.5) is 5.82 Å². The number of anilines is 1. The molecular formula is C19H24N6S. The van der Waals surface area contributed by atoms with Crippen LogP contribution in [0.3, 0.4) is 0 Å². The van der Waals surface area contributed by atoms with Gasteiger partial charge in [-0.15, -0.1) is 21.5 Å². The Labute approximate surface area is 157 Å². The van der Waals surface area contributed by atoms with Crippen LogP contribution >= 0.6 is 11.3 Å². The molecule has 136 valence electrons. The smallest absolute Gasteiger partial charge is 0.141 e. The normalized spacial score (nSPS) is 18.9. The predicted molar refractivity (Wildman–Crippen MR) is 104 cm³/mol. The molecule has 0 amide bonds. The Hall–Kier alpha value is -2.02. The summed E-state index contributed by atoms with van der Waals surface area (Å²) in [5.41, 5.74) is 0. The van der Waals surface area contributed by atoms with Crippen molar-refractivity contribution < 1.29 is 0 Å². The zero-order valence-electron chi connectivity index (χ0n) is 15.2. The van der Waals surface area contributed by atoms with Crippen LogP contribution in [0, 0.1) is 6.92 Å². The van der Waals surface area contributed by atoms with Gasteiger partial charge in [0.25, 0.3) is 0 Å². The van der Waals surface area contributed by atoms with Crippen molar-refractivity contribution in [2.24, 2.45) is 0 Å². The second-order valence-corrected chi connectivity index (χ2v) is 8.33. The average Bonchev–Trinajstić information content (AvgIpc) is 3.22. The highest BCUT2D eigenvalue weighted by Gasteiger charge is 2.28. The maximum Gasteiger partial charge on any atom is 0.141 e. The van der Waals surface area contributed by atoms with Crippen LogP contribution in [0.25, 0.3) is 10.2 Å². The topological polar surface area (TPSA) is 59.7 Å². The molecule has 0 atom stereocenters. The number of aryl methyl sites for hydroxylation is 2. The number of piperidine rings is 1. The van der Waals surface area contributed by atoms with Crippen LogP contribution in [-0.2, 0) is 13.0 Å². The van der Waals surface area contributed by atoms with E-state index in [4.69, 9.17) is 4.98 Å². The fourth-order valence-electron chi connectivity index (χ4n) is 4.34. The number of hydrogen-bond donors (Lipinski definition) is 0. The van der Waals surface area contributed by atoms with Crippen molar-refractivity contribution in [1.82, 2.24) is 24.7 Å². The monoisotopic (exact) mass is 368 g/mol. The lowest BCUT2D eigenvalue weighted by molar-refractivity contribution is 0.458. The Morgan fingerprint density at radius 2 is 1.92 bits per heavy atom. The number of aromatic nitrogens is 5. The zero-order chi connectivity index (χ0) is 17.5. The van der Waals surface area contributed by atoms with Gasteiger partial charge in [-0.1, -0.05) is 6.42 Å². The molecule has 1 saturated heterocycles. The molecule has 5 rings (SSSR count). The van der Waals surface area contributed by atoms with Gasteiger partial charge in [-0.2, -0.15) is 0 Å². The molecule has 6 nitrogen and oxygen atoms in total. The van der Waals surface area contributed by atoms with E-state index in [1.807, 2.05) is 6.92 Å². The van der Waals surface area contributed by atoms with Crippen molar-refractivity contribution in [2.75, 3.05) is 18.0 Å². The SMILES string of the molecule is Cc1nc(N2CCC(c3nnc4n3CCCCC4)CC2)c2ccsc2n1. The van der Waals surface area contributed by atoms with Crippen molar-refractivity contribution in [2.45, 2.75) is 57.9 Å². The lowest BCUT2D eigenvalue weighted by Crippen LogP contribution is -2.34. The van der Waals surface area contributed by atoms with E-state index in [9.17, 15) is 0 Å². The third kappa shape index (κ3) is 2.78. The first-order chi connectivity index (χ1) is 12.8.